The molecule has 1 aliphatic carbocycles. The minimum atomic E-state index is 0.592. The first-order valence-electron chi connectivity index (χ1n) is 6.30. The van der Waals surface area contributed by atoms with Crippen LogP contribution in [0.2, 0.25) is 5.02 Å². The highest BCUT2D eigenvalue weighted by molar-refractivity contribution is 7.99. The van der Waals surface area contributed by atoms with E-state index in [0.29, 0.717) is 12.1 Å². The van der Waals surface area contributed by atoms with Crippen molar-refractivity contribution in [1.82, 2.24) is 5.32 Å². The Kier molecular flexibility index (Phi) is 4.78. The molecule has 0 bridgehead atoms. The maximum Gasteiger partial charge on any atom is 0.0408 e. The van der Waals surface area contributed by atoms with Gasteiger partial charge in [0.05, 0.1) is 0 Å². The van der Waals surface area contributed by atoms with Gasteiger partial charge in [0.15, 0.2) is 0 Å². The van der Waals surface area contributed by atoms with Crippen LogP contribution in [0.15, 0.2) is 18.2 Å². The van der Waals surface area contributed by atoms with Crippen molar-refractivity contribution in [3.8, 4) is 0 Å². The van der Waals surface area contributed by atoms with Gasteiger partial charge in [-0.15, -0.1) is 0 Å². The van der Waals surface area contributed by atoms with Crippen LogP contribution in [-0.2, 0) is 12.8 Å². The van der Waals surface area contributed by atoms with Crippen molar-refractivity contribution in [1.29, 1.82) is 0 Å². The van der Waals surface area contributed by atoms with E-state index in [1.807, 2.05) is 17.8 Å². The molecule has 0 radical (unpaired) electrons. The van der Waals surface area contributed by atoms with Crippen LogP contribution >= 0.6 is 23.4 Å². The normalized spacial score (nSPS) is 20.3. The fourth-order valence-electron chi connectivity index (χ4n) is 2.45. The number of fused-ring (bicyclic) bond motifs is 1. The molecule has 2 rings (SSSR count). The molecule has 0 saturated heterocycles. The van der Waals surface area contributed by atoms with Crippen LogP contribution in [-0.4, -0.2) is 23.6 Å². The van der Waals surface area contributed by atoms with E-state index in [1.54, 1.807) is 0 Å². The molecule has 1 aliphatic rings. The first-order valence-corrected chi connectivity index (χ1v) is 7.83. The summed E-state index contributed by atoms with van der Waals surface area (Å²) < 4.78 is 0. The van der Waals surface area contributed by atoms with Crippen LogP contribution in [0.25, 0.3) is 0 Å². The van der Waals surface area contributed by atoms with Crippen molar-refractivity contribution in [3.63, 3.8) is 0 Å². The Hall–Kier alpha value is -0.180. The van der Waals surface area contributed by atoms with Gasteiger partial charge in [-0.1, -0.05) is 24.6 Å². The van der Waals surface area contributed by atoms with Crippen LogP contribution in [0.3, 0.4) is 0 Å². The molecule has 1 nitrogen and oxygen atoms in total. The van der Waals surface area contributed by atoms with Crippen LogP contribution in [0.4, 0.5) is 0 Å². The van der Waals surface area contributed by atoms with Gasteiger partial charge in [0.25, 0.3) is 0 Å². The number of rotatable bonds is 5. The minimum absolute atomic E-state index is 0.592. The van der Waals surface area contributed by atoms with Gasteiger partial charge in [0.1, 0.15) is 0 Å². The molecule has 17 heavy (non-hydrogen) atoms. The Morgan fingerprint density at radius 2 is 2.18 bits per heavy atom. The lowest BCUT2D eigenvalue weighted by molar-refractivity contribution is 0.482. The molecule has 2 atom stereocenters. The van der Waals surface area contributed by atoms with E-state index in [0.717, 1.165) is 17.9 Å². The van der Waals surface area contributed by atoms with E-state index in [2.05, 4.69) is 31.3 Å². The monoisotopic (exact) mass is 269 g/mol. The molecule has 1 aromatic carbocycles. The Labute approximate surface area is 113 Å². The third kappa shape index (κ3) is 3.64. The SMILES string of the molecule is CCSCC(C)NC1Cc2ccc(Cl)cc2C1. The number of halogens is 1. The van der Waals surface area contributed by atoms with E-state index in [1.165, 1.54) is 22.6 Å². The highest BCUT2D eigenvalue weighted by Gasteiger charge is 2.22. The molecule has 0 fully saturated rings. The van der Waals surface area contributed by atoms with E-state index < -0.39 is 0 Å². The van der Waals surface area contributed by atoms with Gasteiger partial charge < -0.3 is 5.32 Å². The topological polar surface area (TPSA) is 12.0 Å². The summed E-state index contributed by atoms with van der Waals surface area (Å²) in [6.45, 7) is 4.49. The Bertz CT molecular complexity index is 380. The first kappa shape index (κ1) is 13.3. The zero-order chi connectivity index (χ0) is 12.3. The Morgan fingerprint density at radius 1 is 1.41 bits per heavy atom. The molecule has 0 spiro atoms. The molecule has 0 aliphatic heterocycles. The van der Waals surface area contributed by atoms with Gasteiger partial charge in [-0.2, -0.15) is 11.8 Å². The molecule has 3 heteroatoms. The summed E-state index contributed by atoms with van der Waals surface area (Å²) >= 11 is 8.02. The van der Waals surface area contributed by atoms with Crippen molar-refractivity contribution < 1.29 is 0 Å². The quantitative estimate of drug-likeness (QED) is 0.878. The van der Waals surface area contributed by atoms with E-state index in [-0.39, 0.29) is 0 Å². The lowest BCUT2D eigenvalue weighted by atomic mass is 10.1. The fourth-order valence-corrected chi connectivity index (χ4v) is 3.33. The van der Waals surface area contributed by atoms with Gasteiger partial charge >= 0.3 is 0 Å². The lowest BCUT2D eigenvalue weighted by Gasteiger charge is -2.18. The second-order valence-corrected chi connectivity index (χ2v) is 6.50. The van der Waals surface area contributed by atoms with Crippen molar-refractivity contribution in [3.05, 3.63) is 34.3 Å². The molecule has 1 N–H and O–H groups in total. The number of hydrogen-bond acceptors (Lipinski definition) is 2. The molecule has 2 unspecified atom stereocenters. The predicted octanol–water partition coefficient (Wildman–Crippen LogP) is 3.54. The van der Waals surface area contributed by atoms with Gasteiger partial charge in [0, 0.05) is 22.9 Å². The first-order chi connectivity index (χ1) is 8.19. The zero-order valence-corrected chi connectivity index (χ0v) is 12.1. The van der Waals surface area contributed by atoms with Crippen LogP contribution in [0.5, 0.6) is 0 Å². The smallest absolute Gasteiger partial charge is 0.0408 e. The number of nitrogens with one attached hydrogen (secondary N) is 1. The summed E-state index contributed by atoms with van der Waals surface area (Å²) in [6.07, 6.45) is 2.27. The van der Waals surface area contributed by atoms with Gasteiger partial charge in [0.2, 0.25) is 0 Å². The Balaban J connectivity index is 1.87. The summed E-state index contributed by atoms with van der Waals surface area (Å²) in [5.74, 6) is 2.40. The average Bonchev–Trinajstić information content (AvgIpc) is 2.67. The van der Waals surface area contributed by atoms with Crippen molar-refractivity contribution in [2.75, 3.05) is 11.5 Å². The minimum Gasteiger partial charge on any atom is -0.310 e. The third-order valence-electron chi connectivity index (χ3n) is 3.19. The van der Waals surface area contributed by atoms with Crippen LogP contribution < -0.4 is 5.32 Å². The number of thioether (sulfide) groups is 1. The van der Waals surface area contributed by atoms with Gasteiger partial charge in [-0.3, -0.25) is 0 Å². The molecule has 0 heterocycles. The van der Waals surface area contributed by atoms with E-state index >= 15 is 0 Å². The van der Waals surface area contributed by atoms with Crippen LogP contribution in [0, 0.1) is 0 Å². The molecule has 0 saturated carbocycles. The standard InChI is InChI=1S/C14H20ClNS/c1-3-17-9-10(2)16-14-7-11-4-5-13(15)6-12(11)8-14/h4-6,10,14,16H,3,7-9H2,1-2H3. The van der Waals surface area contributed by atoms with E-state index in [9.17, 15) is 0 Å². The molecular weight excluding hydrogens is 250 g/mol. The number of benzene rings is 1. The summed E-state index contributed by atoms with van der Waals surface area (Å²) in [7, 11) is 0. The van der Waals surface area contributed by atoms with Crippen molar-refractivity contribution >= 4 is 23.4 Å². The fraction of sp³-hybridized carbons (Fsp3) is 0.571. The summed E-state index contributed by atoms with van der Waals surface area (Å²) in [6, 6.07) is 7.47. The predicted molar refractivity (Wildman–Crippen MR) is 78.2 cm³/mol. The lowest BCUT2D eigenvalue weighted by Crippen LogP contribution is -2.38. The van der Waals surface area contributed by atoms with Gasteiger partial charge in [-0.05, 0) is 48.8 Å². The maximum absolute atomic E-state index is 6.02. The molecule has 94 valence electrons. The van der Waals surface area contributed by atoms with Crippen LogP contribution in [0.1, 0.15) is 25.0 Å². The summed E-state index contributed by atoms with van der Waals surface area (Å²) in [4.78, 5) is 0. The zero-order valence-electron chi connectivity index (χ0n) is 10.5. The second kappa shape index (κ2) is 6.12. The molecular formula is C14H20ClNS. The highest BCUT2D eigenvalue weighted by Crippen LogP contribution is 2.25. The highest BCUT2D eigenvalue weighted by atomic mass is 35.5. The summed E-state index contributed by atoms with van der Waals surface area (Å²) in [5.41, 5.74) is 2.88. The van der Waals surface area contributed by atoms with E-state index in [4.69, 9.17) is 11.6 Å². The maximum atomic E-state index is 6.02. The van der Waals surface area contributed by atoms with Crippen molar-refractivity contribution in [2.45, 2.75) is 38.8 Å². The average molecular weight is 270 g/mol. The van der Waals surface area contributed by atoms with Gasteiger partial charge in [-0.25, -0.2) is 0 Å². The third-order valence-corrected chi connectivity index (χ3v) is 4.57. The van der Waals surface area contributed by atoms with Crippen molar-refractivity contribution in [2.24, 2.45) is 0 Å². The summed E-state index contributed by atoms with van der Waals surface area (Å²) in [5, 5.41) is 4.58. The molecule has 0 amide bonds. The Morgan fingerprint density at radius 3 is 2.94 bits per heavy atom. The largest absolute Gasteiger partial charge is 0.310 e. The number of hydrogen-bond donors (Lipinski definition) is 1. The molecule has 0 aromatic heterocycles. The molecule has 1 aromatic rings. The second-order valence-electron chi connectivity index (χ2n) is 4.75.